The van der Waals surface area contributed by atoms with Gasteiger partial charge in [0.25, 0.3) is 0 Å². The van der Waals surface area contributed by atoms with E-state index in [1.165, 1.54) is 12.8 Å². The number of furan rings is 1. The van der Waals surface area contributed by atoms with Crippen molar-refractivity contribution >= 4 is 6.03 Å². The second kappa shape index (κ2) is 9.86. The first-order valence-electron chi connectivity index (χ1n) is 9.58. The van der Waals surface area contributed by atoms with Gasteiger partial charge < -0.3 is 19.4 Å². The van der Waals surface area contributed by atoms with Gasteiger partial charge in [-0.05, 0) is 44.1 Å². The molecule has 1 N–H and O–H groups in total. The molecule has 0 spiro atoms. The molecule has 1 aromatic carbocycles. The Balaban J connectivity index is 1.71. The van der Waals surface area contributed by atoms with Crippen LogP contribution in [0.3, 0.4) is 0 Å². The van der Waals surface area contributed by atoms with E-state index in [2.05, 4.69) is 22.2 Å². The number of benzene rings is 1. The Kier molecular flexibility index (Phi) is 6.99. The molecule has 1 aliphatic rings. The molecule has 1 aliphatic heterocycles. The Morgan fingerprint density at radius 2 is 2.11 bits per heavy atom. The fourth-order valence-corrected chi connectivity index (χ4v) is 3.63. The number of carbonyl (C=O) groups is 1. The highest BCUT2D eigenvalue weighted by Crippen LogP contribution is 2.31. The van der Waals surface area contributed by atoms with Gasteiger partial charge in [-0.15, -0.1) is 6.42 Å². The normalized spacial score (nSPS) is 15.0. The zero-order valence-electron chi connectivity index (χ0n) is 16.3. The predicted molar refractivity (Wildman–Crippen MR) is 108 cm³/mol. The number of rotatable bonds is 8. The third-order valence-electron chi connectivity index (χ3n) is 5.02. The first kappa shape index (κ1) is 19.8. The quantitative estimate of drug-likeness (QED) is 0.713. The van der Waals surface area contributed by atoms with E-state index in [-0.39, 0.29) is 18.6 Å². The molecule has 2 amide bonds. The molecule has 0 aliphatic carbocycles. The fourth-order valence-electron chi connectivity index (χ4n) is 3.63. The predicted octanol–water partition coefficient (Wildman–Crippen LogP) is 3.27. The summed E-state index contributed by atoms with van der Waals surface area (Å²) in [6, 6.07) is 11.5. The van der Waals surface area contributed by atoms with Gasteiger partial charge in [0.2, 0.25) is 0 Å². The zero-order valence-corrected chi connectivity index (χ0v) is 16.3. The number of hydrogen-bond acceptors (Lipinski definition) is 4. The summed E-state index contributed by atoms with van der Waals surface area (Å²) in [5, 5.41) is 3.06. The van der Waals surface area contributed by atoms with Gasteiger partial charge in [-0.1, -0.05) is 24.1 Å². The number of likely N-dealkylation sites (tertiary alicyclic amines) is 1. The molecule has 1 fully saturated rings. The summed E-state index contributed by atoms with van der Waals surface area (Å²) in [5.41, 5.74) is 1.08. The number of para-hydroxylation sites is 1. The van der Waals surface area contributed by atoms with E-state index in [0.29, 0.717) is 18.8 Å². The van der Waals surface area contributed by atoms with Crippen LogP contribution in [0.5, 0.6) is 5.75 Å². The number of terminal acetylenes is 1. The van der Waals surface area contributed by atoms with Crippen LogP contribution in [0.4, 0.5) is 4.79 Å². The van der Waals surface area contributed by atoms with Crippen molar-refractivity contribution in [2.24, 2.45) is 0 Å². The number of nitrogens with zero attached hydrogens (tertiary/aromatic N) is 2. The van der Waals surface area contributed by atoms with Crippen LogP contribution in [0.25, 0.3) is 0 Å². The summed E-state index contributed by atoms with van der Waals surface area (Å²) >= 11 is 0. The van der Waals surface area contributed by atoms with Crippen molar-refractivity contribution in [1.29, 1.82) is 0 Å². The van der Waals surface area contributed by atoms with E-state index in [1.54, 1.807) is 24.3 Å². The highest BCUT2D eigenvalue weighted by atomic mass is 16.5. The van der Waals surface area contributed by atoms with E-state index >= 15 is 0 Å². The number of ether oxygens (including phenoxy) is 1. The Morgan fingerprint density at radius 3 is 2.79 bits per heavy atom. The van der Waals surface area contributed by atoms with Crippen LogP contribution in [0.2, 0.25) is 0 Å². The van der Waals surface area contributed by atoms with Crippen LogP contribution in [0, 0.1) is 12.3 Å². The SMILES string of the molecule is C#CCN(Cc1ccco1)C(=O)NC[C@H](c1ccccc1OC)N1CCCC1. The van der Waals surface area contributed by atoms with E-state index in [4.69, 9.17) is 15.6 Å². The smallest absolute Gasteiger partial charge is 0.318 e. The molecule has 1 saturated heterocycles. The van der Waals surface area contributed by atoms with Crippen LogP contribution in [-0.2, 0) is 6.54 Å². The van der Waals surface area contributed by atoms with E-state index in [0.717, 1.165) is 24.4 Å². The van der Waals surface area contributed by atoms with E-state index in [1.807, 2.05) is 24.3 Å². The Bertz CT molecular complexity index is 792. The lowest BCUT2D eigenvalue weighted by atomic mass is 10.0. The van der Waals surface area contributed by atoms with E-state index in [9.17, 15) is 4.79 Å². The molecule has 1 atom stereocenters. The van der Waals surface area contributed by atoms with Gasteiger partial charge >= 0.3 is 6.03 Å². The van der Waals surface area contributed by atoms with Crippen molar-refractivity contribution in [2.45, 2.75) is 25.4 Å². The molecular weight excluding hydrogens is 354 g/mol. The van der Waals surface area contributed by atoms with Crippen molar-refractivity contribution in [2.75, 3.05) is 33.3 Å². The molecule has 1 aromatic heterocycles. The maximum atomic E-state index is 12.8. The molecule has 0 bridgehead atoms. The van der Waals surface area contributed by atoms with Crippen LogP contribution in [0.15, 0.2) is 47.1 Å². The minimum atomic E-state index is -0.201. The Labute approximate surface area is 166 Å². The van der Waals surface area contributed by atoms with Gasteiger partial charge in [-0.2, -0.15) is 0 Å². The molecule has 2 heterocycles. The first-order chi connectivity index (χ1) is 13.7. The van der Waals surface area contributed by atoms with Crippen molar-refractivity contribution in [3.05, 3.63) is 54.0 Å². The monoisotopic (exact) mass is 381 g/mol. The first-order valence-corrected chi connectivity index (χ1v) is 9.58. The standard InChI is InChI=1S/C22H27N3O3/c1-3-12-25(17-18-9-8-15-28-18)22(26)23-16-20(24-13-6-7-14-24)19-10-4-5-11-21(19)27-2/h1,4-5,8-11,15,20H,6-7,12-14,16-17H2,2H3,(H,23,26)/t20-/m1/s1. The molecular formula is C22H27N3O3. The topological polar surface area (TPSA) is 58.0 Å². The van der Waals surface area contributed by atoms with Crippen LogP contribution in [0.1, 0.15) is 30.2 Å². The molecule has 3 rings (SSSR count). The molecule has 0 radical (unpaired) electrons. The lowest BCUT2D eigenvalue weighted by Gasteiger charge is -2.30. The van der Waals surface area contributed by atoms with Crippen LogP contribution < -0.4 is 10.1 Å². The van der Waals surface area contributed by atoms with Crippen molar-refractivity contribution in [1.82, 2.24) is 15.1 Å². The van der Waals surface area contributed by atoms with Crippen molar-refractivity contribution < 1.29 is 13.9 Å². The maximum absolute atomic E-state index is 12.8. The van der Waals surface area contributed by atoms with Crippen LogP contribution >= 0.6 is 0 Å². The molecule has 6 heteroatoms. The highest BCUT2D eigenvalue weighted by molar-refractivity contribution is 5.74. The number of amides is 2. The van der Waals surface area contributed by atoms with Gasteiger partial charge in [0.15, 0.2) is 0 Å². The summed E-state index contributed by atoms with van der Waals surface area (Å²) < 4.78 is 10.9. The van der Waals surface area contributed by atoms with Gasteiger partial charge in [-0.3, -0.25) is 4.90 Å². The molecule has 0 unspecified atom stereocenters. The summed E-state index contributed by atoms with van der Waals surface area (Å²) in [5.74, 6) is 4.08. The van der Waals surface area contributed by atoms with E-state index < -0.39 is 0 Å². The van der Waals surface area contributed by atoms with Gasteiger partial charge in [0.05, 0.1) is 32.5 Å². The molecule has 148 valence electrons. The largest absolute Gasteiger partial charge is 0.496 e. The Morgan fingerprint density at radius 1 is 1.32 bits per heavy atom. The summed E-state index contributed by atoms with van der Waals surface area (Å²) in [6.45, 7) is 3.07. The number of urea groups is 1. The lowest BCUT2D eigenvalue weighted by molar-refractivity contribution is 0.187. The molecule has 0 saturated carbocycles. The van der Waals surface area contributed by atoms with Crippen molar-refractivity contribution in [3.63, 3.8) is 0 Å². The minimum Gasteiger partial charge on any atom is -0.496 e. The fraction of sp³-hybridized carbons (Fsp3) is 0.409. The third-order valence-corrected chi connectivity index (χ3v) is 5.02. The summed E-state index contributed by atoms with van der Waals surface area (Å²) in [7, 11) is 1.68. The molecule has 28 heavy (non-hydrogen) atoms. The lowest BCUT2D eigenvalue weighted by Crippen LogP contribution is -2.43. The summed E-state index contributed by atoms with van der Waals surface area (Å²) in [6.07, 6.45) is 9.38. The van der Waals surface area contributed by atoms with Gasteiger partial charge in [0.1, 0.15) is 11.5 Å². The maximum Gasteiger partial charge on any atom is 0.318 e. The Hall–Kier alpha value is -2.91. The number of methoxy groups -OCH3 is 1. The van der Waals surface area contributed by atoms with Gasteiger partial charge in [0, 0.05) is 12.1 Å². The van der Waals surface area contributed by atoms with Crippen molar-refractivity contribution in [3.8, 4) is 18.1 Å². The third kappa shape index (κ3) is 4.87. The highest BCUT2D eigenvalue weighted by Gasteiger charge is 2.27. The summed E-state index contributed by atoms with van der Waals surface area (Å²) in [4.78, 5) is 16.8. The number of hydrogen-bond donors (Lipinski definition) is 1. The second-order valence-electron chi connectivity index (χ2n) is 6.83. The minimum absolute atomic E-state index is 0.0545. The molecule has 2 aromatic rings. The van der Waals surface area contributed by atoms with Gasteiger partial charge in [-0.25, -0.2) is 4.79 Å². The zero-order chi connectivity index (χ0) is 19.8. The second-order valence-corrected chi connectivity index (χ2v) is 6.83. The average molecular weight is 381 g/mol. The number of nitrogens with one attached hydrogen (secondary N) is 1. The number of carbonyl (C=O) groups excluding carboxylic acids is 1. The van der Waals surface area contributed by atoms with Crippen LogP contribution in [-0.4, -0.2) is 49.1 Å². The molecule has 6 nitrogen and oxygen atoms in total. The average Bonchev–Trinajstić information content (AvgIpc) is 3.42.